The fourth-order valence-electron chi connectivity index (χ4n) is 1.78. The molecule has 1 rings (SSSR count). The van der Waals surface area contributed by atoms with Crippen molar-refractivity contribution in [3.63, 3.8) is 0 Å². The number of carbonyl (C=O) groups excluding carboxylic acids is 2. The number of nitrogens with one attached hydrogen (secondary N) is 1. The van der Waals surface area contributed by atoms with Crippen molar-refractivity contribution in [2.45, 2.75) is 32.2 Å². The monoisotopic (exact) mass is 275 g/mol. The molecule has 0 spiro atoms. The van der Waals surface area contributed by atoms with Crippen LogP contribution in [0.4, 0.5) is 0 Å². The first-order valence-electron chi connectivity index (χ1n) is 6.78. The molecule has 1 aromatic carbocycles. The lowest BCUT2D eigenvalue weighted by Gasteiger charge is -2.17. The van der Waals surface area contributed by atoms with Crippen molar-refractivity contribution >= 4 is 11.9 Å². The molecular weight excluding hydrogens is 254 g/mol. The first-order chi connectivity index (χ1) is 9.67. The average Bonchev–Trinajstić information content (AvgIpc) is 2.45. The molecule has 1 N–H and O–H groups in total. The van der Waals surface area contributed by atoms with E-state index in [4.69, 9.17) is 4.74 Å². The van der Waals surface area contributed by atoms with Crippen molar-refractivity contribution in [1.82, 2.24) is 5.32 Å². The van der Waals surface area contributed by atoms with E-state index < -0.39 is 12.0 Å². The molecule has 1 atom stereocenters. The third-order valence-electron chi connectivity index (χ3n) is 2.72. The Morgan fingerprint density at radius 2 is 2.05 bits per heavy atom. The molecule has 0 aromatic heterocycles. The molecule has 0 heterocycles. The lowest BCUT2D eigenvalue weighted by molar-refractivity contribution is -0.146. The van der Waals surface area contributed by atoms with Gasteiger partial charge in [0.05, 0.1) is 0 Å². The van der Waals surface area contributed by atoms with E-state index in [1.165, 1.54) is 6.08 Å². The smallest absolute Gasteiger partial charge is 0.329 e. The summed E-state index contributed by atoms with van der Waals surface area (Å²) < 4.78 is 5.03. The third-order valence-corrected chi connectivity index (χ3v) is 2.72. The molecule has 1 aromatic rings. The molecule has 1 amide bonds. The number of benzene rings is 1. The molecule has 0 saturated carbocycles. The van der Waals surface area contributed by atoms with Crippen LogP contribution in [0.3, 0.4) is 0 Å². The van der Waals surface area contributed by atoms with Crippen molar-refractivity contribution in [2.24, 2.45) is 0 Å². The van der Waals surface area contributed by atoms with Crippen LogP contribution in [0.2, 0.25) is 0 Å². The zero-order valence-corrected chi connectivity index (χ0v) is 11.8. The maximum Gasteiger partial charge on any atom is 0.329 e. The van der Waals surface area contributed by atoms with Gasteiger partial charge in [-0.05, 0) is 12.0 Å². The van der Waals surface area contributed by atoms with Crippen LogP contribution in [0, 0.1) is 0 Å². The van der Waals surface area contributed by atoms with Gasteiger partial charge in [-0.25, -0.2) is 4.79 Å². The van der Waals surface area contributed by atoms with E-state index in [9.17, 15) is 9.59 Å². The second-order valence-electron chi connectivity index (χ2n) is 4.48. The van der Waals surface area contributed by atoms with Gasteiger partial charge in [0.15, 0.2) is 0 Å². The highest BCUT2D eigenvalue weighted by Gasteiger charge is 2.22. The fourth-order valence-corrected chi connectivity index (χ4v) is 1.78. The molecule has 0 saturated heterocycles. The zero-order valence-electron chi connectivity index (χ0n) is 11.8. The lowest BCUT2D eigenvalue weighted by Crippen LogP contribution is -2.43. The molecule has 108 valence electrons. The van der Waals surface area contributed by atoms with Gasteiger partial charge in [0.1, 0.15) is 12.6 Å². The van der Waals surface area contributed by atoms with Crippen molar-refractivity contribution in [3.8, 4) is 0 Å². The Kier molecular flexibility index (Phi) is 7.11. The Labute approximate surface area is 119 Å². The van der Waals surface area contributed by atoms with Crippen molar-refractivity contribution in [1.29, 1.82) is 0 Å². The highest BCUT2D eigenvalue weighted by atomic mass is 16.5. The summed E-state index contributed by atoms with van der Waals surface area (Å²) in [4.78, 5) is 23.6. The first kappa shape index (κ1) is 16.0. The van der Waals surface area contributed by atoms with E-state index in [1.54, 1.807) is 0 Å². The van der Waals surface area contributed by atoms with Crippen LogP contribution >= 0.6 is 0 Å². The van der Waals surface area contributed by atoms with E-state index >= 15 is 0 Å². The average molecular weight is 275 g/mol. The standard InChI is InChI=1S/C16H21NO3/c1-3-8-15(18)17-14(16(19)20-11-4-2)12-13-9-6-5-7-10-13/h4-7,9-10,14H,2-3,8,11-12H2,1H3,(H,17,18). The first-order valence-corrected chi connectivity index (χ1v) is 6.78. The Morgan fingerprint density at radius 3 is 2.65 bits per heavy atom. The Hall–Kier alpha value is -2.10. The Morgan fingerprint density at radius 1 is 1.35 bits per heavy atom. The summed E-state index contributed by atoms with van der Waals surface area (Å²) in [7, 11) is 0. The molecule has 4 nitrogen and oxygen atoms in total. The van der Waals surface area contributed by atoms with Crippen LogP contribution < -0.4 is 5.32 Å². The molecule has 0 bridgehead atoms. The van der Waals surface area contributed by atoms with Crippen LogP contribution in [0.5, 0.6) is 0 Å². The van der Waals surface area contributed by atoms with Gasteiger partial charge in [-0.15, -0.1) is 0 Å². The molecular formula is C16H21NO3. The van der Waals surface area contributed by atoms with Crippen LogP contribution in [0.25, 0.3) is 0 Å². The number of hydrogen-bond acceptors (Lipinski definition) is 3. The minimum atomic E-state index is -0.656. The number of amides is 1. The van der Waals surface area contributed by atoms with Gasteiger partial charge in [0.2, 0.25) is 5.91 Å². The van der Waals surface area contributed by atoms with Crippen LogP contribution in [-0.4, -0.2) is 24.5 Å². The maximum absolute atomic E-state index is 12.0. The largest absolute Gasteiger partial charge is 0.460 e. The summed E-state index contributed by atoms with van der Waals surface area (Å²) in [6.07, 6.45) is 3.07. The number of carbonyl (C=O) groups is 2. The second kappa shape index (κ2) is 8.91. The predicted molar refractivity (Wildman–Crippen MR) is 78.1 cm³/mol. The SMILES string of the molecule is C=CCOC(=O)C(Cc1ccccc1)NC(=O)CCC. The highest BCUT2D eigenvalue weighted by molar-refractivity contribution is 5.84. The molecule has 1 unspecified atom stereocenters. The maximum atomic E-state index is 12.0. The second-order valence-corrected chi connectivity index (χ2v) is 4.48. The van der Waals surface area contributed by atoms with Gasteiger partial charge in [-0.2, -0.15) is 0 Å². The minimum Gasteiger partial charge on any atom is -0.460 e. The molecule has 0 aliphatic carbocycles. The zero-order chi connectivity index (χ0) is 14.8. The predicted octanol–water partition coefficient (Wildman–Crippen LogP) is 2.24. The minimum absolute atomic E-state index is 0.135. The number of esters is 1. The summed E-state index contributed by atoms with van der Waals surface area (Å²) in [6.45, 7) is 5.57. The molecule has 0 fully saturated rings. The number of rotatable bonds is 8. The summed E-state index contributed by atoms with van der Waals surface area (Å²) in [5, 5.41) is 2.73. The molecule has 0 aliphatic rings. The highest BCUT2D eigenvalue weighted by Crippen LogP contribution is 2.05. The van der Waals surface area contributed by atoms with Gasteiger partial charge >= 0.3 is 5.97 Å². The Balaban J connectivity index is 2.70. The van der Waals surface area contributed by atoms with Crippen LogP contribution in [0.15, 0.2) is 43.0 Å². The molecule has 4 heteroatoms. The van der Waals surface area contributed by atoms with Gasteiger partial charge in [-0.1, -0.05) is 49.9 Å². The number of hydrogen-bond donors (Lipinski definition) is 1. The normalized spacial score (nSPS) is 11.4. The van der Waals surface area contributed by atoms with E-state index in [0.29, 0.717) is 12.8 Å². The van der Waals surface area contributed by atoms with Crippen molar-refractivity contribution < 1.29 is 14.3 Å². The molecule has 20 heavy (non-hydrogen) atoms. The van der Waals surface area contributed by atoms with Crippen LogP contribution in [0.1, 0.15) is 25.3 Å². The van der Waals surface area contributed by atoms with Crippen molar-refractivity contribution in [2.75, 3.05) is 6.61 Å². The van der Waals surface area contributed by atoms with E-state index in [0.717, 1.165) is 12.0 Å². The van der Waals surface area contributed by atoms with Gasteiger partial charge in [-0.3, -0.25) is 4.79 Å². The topological polar surface area (TPSA) is 55.4 Å². The summed E-state index contributed by atoms with van der Waals surface area (Å²) >= 11 is 0. The quantitative estimate of drug-likeness (QED) is 0.585. The van der Waals surface area contributed by atoms with Gasteiger partial charge in [0, 0.05) is 12.8 Å². The summed E-state index contributed by atoms with van der Waals surface area (Å²) in [5.74, 6) is -0.567. The van der Waals surface area contributed by atoms with Crippen LogP contribution in [-0.2, 0) is 20.7 Å². The van der Waals surface area contributed by atoms with E-state index in [2.05, 4.69) is 11.9 Å². The van der Waals surface area contributed by atoms with E-state index in [-0.39, 0.29) is 12.5 Å². The molecule has 0 aliphatic heterocycles. The molecule has 0 radical (unpaired) electrons. The summed E-state index contributed by atoms with van der Waals surface area (Å²) in [6, 6.07) is 8.88. The lowest BCUT2D eigenvalue weighted by atomic mass is 10.1. The summed E-state index contributed by atoms with van der Waals surface area (Å²) in [5.41, 5.74) is 0.977. The van der Waals surface area contributed by atoms with Gasteiger partial charge < -0.3 is 10.1 Å². The number of ether oxygens (including phenoxy) is 1. The fraction of sp³-hybridized carbons (Fsp3) is 0.375. The third kappa shape index (κ3) is 5.69. The van der Waals surface area contributed by atoms with Crippen molar-refractivity contribution in [3.05, 3.63) is 48.6 Å². The Bertz CT molecular complexity index is 442. The van der Waals surface area contributed by atoms with E-state index in [1.807, 2.05) is 37.3 Å². The van der Waals surface area contributed by atoms with Gasteiger partial charge in [0.25, 0.3) is 0 Å².